The second kappa shape index (κ2) is 12.1. The van der Waals surface area contributed by atoms with E-state index in [0.29, 0.717) is 48.8 Å². The van der Waals surface area contributed by atoms with Gasteiger partial charge in [0, 0.05) is 30.6 Å². The van der Waals surface area contributed by atoms with Crippen LogP contribution in [0, 0.1) is 0 Å². The number of nitrogens with one attached hydrogen (secondary N) is 1. The molecule has 3 aliphatic rings. The first-order valence-electron chi connectivity index (χ1n) is 14.2. The van der Waals surface area contributed by atoms with E-state index in [-0.39, 0.29) is 29.5 Å². The number of piperidine rings is 1. The van der Waals surface area contributed by atoms with Gasteiger partial charge in [-0.05, 0) is 47.5 Å². The topological polar surface area (TPSA) is 165 Å². The monoisotopic (exact) mass is 607 g/mol. The summed E-state index contributed by atoms with van der Waals surface area (Å²) < 4.78 is 31.4. The predicted octanol–water partition coefficient (Wildman–Crippen LogP) is 2.09. The average molecular weight is 608 g/mol. The number of esters is 1. The van der Waals surface area contributed by atoms with Gasteiger partial charge in [0.25, 0.3) is 0 Å². The summed E-state index contributed by atoms with van der Waals surface area (Å²) >= 11 is 1.76. The van der Waals surface area contributed by atoms with Crippen LogP contribution in [-0.2, 0) is 28.5 Å². The first-order chi connectivity index (χ1) is 19.8. The summed E-state index contributed by atoms with van der Waals surface area (Å²) in [5, 5.41) is 2.98. The van der Waals surface area contributed by atoms with Crippen molar-refractivity contribution in [3.05, 3.63) is 12.7 Å². The number of aromatic nitrogens is 4. The van der Waals surface area contributed by atoms with Crippen molar-refractivity contribution in [2.24, 2.45) is 0 Å². The second-order valence-corrected chi connectivity index (χ2v) is 13.5. The number of nitrogen functional groups attached to an aromatic ring is 1. The van der Waals surface area contributed by atoms with Gasteiger partial charge in [-0.15, -0.1) is 0 Å². The van der Waals surface area contributed by atoms with Crippen molar-refractivity contribution in [2.45, 2.75) is 94.7 Å². The van der Waals surface area contributed by atoms with E-state index >= 15 is 0 Å². The third kappa shape index (κ3) is 6.75. The van der Waals surface area contributed by atoms with Crippen LogP contribution in [0.1, 0.15) is 53.7 Å². The number of amides is 1. The van der Waals surface area contributed by atoms with Gasteiger partial charge < -0.3 is 34.7 Å². The van der Waals surface area contributed by atoms with Crippen LogP contribution in [-0.4, -0.2) is 110 Å². The molecule has 3 aliphatic heterocycles. The Balaban J connectivity index is 1.20. The van der Waals surface area contributed by atoms with Crippen molar-refractivity contribution >= 4 is 40.8 Å². The molecule has 1 amide bonds. The molecule has 6 atom stereocenters. The van der Waals surface area contributed by atoms with Gasteiger partial charge in [-0.1, -0.05) is 0 Å². The lowest BCUT2D eigenvalue weighted by molar-refractivity contribution is -0.193. The first kappa shape index (κ1) is 30.7. The molecule has 42 heavy (non-hydrogen) atoms. The SMILES string of the molecule is COC(=O)C1CC(SC[C@H]2O[C@@H](n3cnc4c(N)ncnc43)[C@H]3OC(C)(C)OC23)CCN1CCNC(=O)OC(C)(C)C. The van der Waals surface area contributed by atoms with Gasteiger partial charge in [-0.2, -0.15) is 11.8 Å². The van der Waals surface area contributed by atoms with Crippen LogP contribution < -0.4 is 11.1 Å². The number of alkyl carbamates (subject to hydrolysis) is 1. The zero-order valence-electron chi connectivity index (χ0n) is 24.9. The van der Waals surface area contributed by atoms with E-state index in [0.717, 1.165) is 6.42 Å². The maximum Gasteiger partial charge on any atom is 0.407 e. The molecule has 3 saturated heterocycles. The summed E-state index contributed by atoms with van der Waals surface area (Å²) in [7, 11) is 1.40. The number of hydrogen-bond acceptors (Lipinski definition) is 13. The number of carbonyl (C=O) groups excluding carboxylic acids is 2. The van der Waals surface area contributed by atoms with Gasteiger partial charge in [0.1, 0.15) is 35.7 Å². The standard InChI is InChI=1S/C27H41N7O7S/c1-26(2,3)41-25(36)29-8-10-33-9-7-15(11-16(33)24(35)37-6)42-12-17-19-20(40-27(4,5)39-19)23(38-17)34-14-32-18-21(28)30-13-31-22(18)34/h13-17,19-20,23H,7-12H2,1-6H3,(H,29,36)(H2,28,30,31)/t15?,16?,17-,19?,20+,23-/m1/s1. The van der Waals surface area contributed by atoms with E-state index in [1.54, 1.807) is 18.1 Å². The van der Waals surface area contributed by atoms with Crippen molar-refractivity contribution in [3.8, 4) is 0 Å². The van der Waals surface area contributed by atoms with Crippen molar-refractivity contribution in [1.29, 1.82) is 0 Å². The van der Waals surface area contributed by atoms with Crippen LogP contribution in [0.3, 0.4) is 0 Å². The van der Waals surface area contributed by atoms with Crippen molar-refractivity contribution in [2.75, 3.05) is 38.2 Å². The Hall–Kier alpha value is -2.72. The molecular formula is C27H41N7O7S. The number of carbonyl (C=O) groups is 2. The number of rotatable bonds is 8. The molecule has 3 fully saturated rings. The number of methoxy groups -OCH3 is 1. The van der Waals surface area contributed by atoms with Gasteiger partial charge in [0.2, 0.25) is 0 Å². The van der Waals surface area contributed by atoms with Crippen LogP contribution in [0.25, 0.3) is 11.2 Å². The molecule has 3 N–H and O–H groups in total. The molecule has 0 aliphatic carbocycles. The fourth-order valence-corrected chi connectivity index (χ4v) is 7.02. The van der Waals surface area contributed by atoms with Crippen LogP contribution >= 0.6 is 11.8 Å². The van der Waals surface area contributed by atoms with Crippen molar-refractivity contribution < 1.29 is 33.3 Å². The molecule has 0 aromatic carbocycles. The minimum Gasteiger partial charge on any atom is -0.468 e. The van der Waals surface area contributed by atoms with E-state index in [4.69, 9.17) is 29.4 Å². The van der Waals surface area contributed by atoms with Crippen LogP contribution in [0.2, 0.25) is 0 Å². The quantitative estimate of drug-likeness (QED) is 0.420. The van der Waals surface area contributed by atoms with Gasteiger partial charge >= 0.3 is 12.1 Å². The average Bonchev–Trinajstić information content (AvgIpc) is 3.57. The van der Waals surface area contributed by atoms with Crippen molar-refractivity contribution in [1.82, 2.24) is 29.7 Å². The molecule has 2 aromatic heterocycles. The smallest absolute Gasteiger partial charge is 0.407 e. The van der Waals surface area contributed by atoms with Crippen LogP contribution in [0.5, 0.6) is 0 Å². The minimum absolute atomic E-state index is 0.210. The second-order valence-electron chi connectivity index (χ2n) is 12.2. The molecule has 0 saturated carbocycles. The molecular weight excluding hydrogens is 566 g/mol. The fraction of sp³-hybridized carbons (Fsp3) is 0.741. The van der Waals surface area contributed by atoms with Gasteiger partial charge in [-0.25, -0.2) is 19.7 Å². The number of hydrogen-bond donors (Lipinski definition) is 2. The number of fused-ring (bicyclic) bond motifs is 2. The number of nitrogens with two attached hydrogens (primary N) is 1. The highest BCUT2D eigenvalue weighted by Crippen LogP contribution is 2.45. The summed E-state index contributed by atoms with van der Waals surface area (Å²) in [6, 6.07) is -0.404. The molecule has 5 heterocycles. The largest absolute Gasteiger partial charge is 0.468 e. The van der Waals surface area contributed by atoms with Gasteiger partial charge in [-0.3, -0.25) is 14.3 Å². The first-order valence-corrected chi connectivity index (χ1v) is 15.2. The van der Waals surface area contributed by atoms with Crippen LogP contribution in [0.4, 0.5) is 10.6 Å². The third-order valence-electron chi connectivity index (χ3n) is 7.49. The summed E-state index contributed by atoms with van der Waals surface area (Å²) in [6.07, 6.45) is 2.68. The molecule has 15 heteroatoms. The van der Waals surface area contributed by atoms with Gasteiger partial charge in [0.05, 0.1) is 19.5 Å². The fourth-order valence-electron chi connectivity index (χ4n) is 5.70. The van der Waals surface area contributed by atoms with Crippen LogP contribution in [0.15, 0.2) is 12.7 Å². The molecule has 232 valence electrons. The predicted molar refractivity (Wildman–Crippen MR) is 155 cm³/mol. The Morgan fingerprint density at radius 2 is 1.98 bits per heavy atom. The lowest BCUT2D eigenvalue weighted by Crippen LogP contribution is -2.51. The summed E-state index contributed by atoms with van der Waals surface area (Å²) in [5.74, 6) is -0.0901. The van der Waals surface area contributed by atoms with E-state index in [1.165, 1.54) is 13.4 Å². The number of nitrogens with zero attached hydrogens (tertiary/aromatic N) is 5. The van der Waals surface area contributed by atoms with E-state index in [9.17, 15) is 9.59 Å². The zero-order chi connectivity index (χ0) is 30.2. The number of likely N-dealkylation sites (tertiary alicyclic amines) is 1. The third-order valence-corrected chi connectivity index (χ3v) is 8.91. The van der Waals surface area contributed by atoms with E-state index < -0.39 is 29.8 Å². The van der Waals surface area contributed by atoms with Gasteiger partial charge in [0.15, 0.2) is 23.5 Å². The summed E-state index contributed by atoms with van der Waals surface area (Å²) in [6.45, 7) is 10.8. The molecule has 2 aromatic rings. The Morgan fingerprint density at radius 1 is 1.21 bits per heavy atom. The highest BCUT2D eigenvalue weighted by atomic mass is 32.2. The number of thioether (sulfide) groups is 1. The summed E-state index contributed by atoms with van der Waals surface area (Å²) in [4.78, 5) is 39.6. The molecule has 14 nitrogen and oxygen atoms in total. The minimum atomic E-state index is -0.765. The number of imidazole rings is 1. The maximum atomic E-state index is 12.7. The molecule has 3 unspecified atom stereocenters. The Labute approximate surface area is 249 Å². The maximum absolute atomic E-state index is 12.7. The highest BCUT2D eigenvalue weighted by molar-refractivity contribution is 7.99. The lowest BCUT2D eigenvalue weighted by atomic mass is 10.0. The zero-order valence-corrected chi connectivity index (χ0v) is 25.8. The van der Waals surface area contributed by atoms with E-state index in [2.05, 4.69) is 25.2 Å². The lowest BCUT2D eigenvalue weighted by Gasteiger charge is -2.38. The Morgan fingerprint density at radius 3 is 2.71 bits per heavy atom. The summed E-state index contributed by atoms with van der Waals surface area (Å²) in [5.41, 5.74) is 6.51. The Bertz CT molecular complexity index is 1290. The Kier molecular flexibility index (Phi) is 8.86. The molecule has 0 spiro atoms. The number of ether oxygens (including phenoxy) is 5. The number of anilines is 1. The van der Waals surface area contributed by atoms with E-state index in [1.807, 2.05) is 39.2 Å². The molecule has 0 bridgehead atoms. The van der Waals surface area contributed by atoms with Crippen molar-refractivity contribution in [3.63, 3.8) is 0 Å². The normalized spacial score (nSPS) is 29.4. The highest BCUT2D eigenvalue weighted by Gasteiger charge is 2.56. The molecule has 0 radical (unpaired) electrons. The molecule has 5 rings (SSSR count).